The van der Waals surface area contributed by atoms with Gasteiger partial charge in [0.05, 0.1) is 23.8 Å². The summed E-state index contributed by atoms with van der Waals surface area (Å²) in [6, 6.07) is 0.524. The first kappa shape index (κ1) is 19.8. The number of fused-ring (bicyclic) bond motifs is 1. The van der Waals surface area contributed by atoms with Crippen molar-refractivity contribution in [3.63, 3.8) is 0 Å². The number of nitrogens with zero attached hydrogens (tertiary/aromatic N) is 4. The summed E-state index contributed by atoms with van der Waals surface area (Å²) in [5.74, 6) is 0. The average Bonchev–Trinajstić information content (AvgIpc) is 3.12. The van der Waals surface area contributed by atoms with Gasteiger partial charge in [0.15, 0.2) is 0 Å². The first-order valence-corrected chi connectivity index (χ1v) is 8.73. The van der Waals surface area contributed by atoms with Crippen molar-refractivity contribution in [1.82, 2.24) is 19.0 Å². The van der Waals surface area contributed by atoms with Crippen LogP contribution in [0, 0.1) is 0 Å². The number of rotatable bonds is 2. The Labute approximate surface area is 138 Å². The molecule has 0 spiro atoms. The van der Waals surface area contributed by atoms with Crippen molar-refractivity contribution in [2.75, 3.05) is 6.61 Å². The second-order valence-corrected chi connectivity index (χ2v) is 5.78. The molecule has 5 atom stereocenters. The standard InChI is InChI=1S/C11H16N4OP2.C2H6.H3OP/c16-5-7-1-2-9(15(7)18)8-4-14(17)10-3-12-6-13-11(8)10;2*1-2/h3-4,6-7,9,16H,1-2,5,17-18H2;1-2H3;1H,2H2. The summed E-state index contributed by atoms with van der Waals surface area (Å²) in [7, 11) is 6.82. The molecule has 1 aliphatic heterocycles. The molecule has 124 valence electrons. The third kappa shape index (κ3) is 4.00. The van der Waals surface area contributed by atoms with E-state index in [1.165, 1.54) is 15.0 Å². The van der Waals surface area contributed by atoms with Crippen LogP contribution in [0.4, 0.5) is 0 Å². The largest absolute Gasteiger partial charge is 0.395 e. The molecule has 0 amide bonds. The Morgan fingerprint density at radius 2 is 1.95 bits per heavy atom. The minimum Gasteiger partial charge on any atom is -0.395 e. The van der Waals surface area contributed by atoms with Crippen LogP contribution in [-0.2, 0) is 0 Å². The maximum absolute atomic E-state index is 9.33. The van der Waals surface area contributed by atoms with Crippen LogP contribution in [-0.4, -0.2) is 41.6 Å². The van der Waals surface area contributed by atoms with E-state index in [0.717, 1.165) is 23.9 Å². The van der Waals surface area contributed by atoms with Crippen LogP contribution in [0.3, 0.4) is 0 Å². The maximum Gasteiger partial charge on any atom is 0.116 e. The van der Waals surface area contributed by atoms with E-state index < -0.39 is 0 Å². The van der Waals surface area contributed by atoms with Gasteiger partial charge in [0.1, 0.15) is 6.33 Å². The van der Waals surface area contributed by atoms with Gasteiger partial charge in [0.2, 0.25) is 0 Å². The molecule has 0 aromatic carbocycles. The SMILES string of the molecule is CC.OCC1CCC(c2cn(P)c3cncnc23)N1P.OP. The molecular formula is C13H25N4O2P3. The van der Waals surface area contributed by atoms with E-state index in [1.54, 1.807) is 6.33 Å². The molecule has 2 aromatic heterocycles. The van der Waals surface area contributed by atoms with Crippen molar-refractivity contribution in [3.05, 3.63) is 24.3 Å². The minimum atomic E-state index is 0.203. The van der Waals surface area contributed by atoms with Crippen molar-refractivity contribution in [2.24, 2.45) is 0 Å². The fourth-order valence-electron chi connectivity index (χ4n) is 2.66. The first-order valence-electron chi connectivity index (χ1n) is 7.18. The highest BCUT2D eigenvalue weighted by atomic mass is 31.0. The molecule has 2 aromatic rings. The molecule has 0 aliphatic carbocycles. The Hall–Kier alpha value is -0.210. The molecule has 0 bridgehead atoms. The number of aliphatic hydroxyl groups is 1. The highest BCUT2D eigenvalue weighted by Gasteiger charge is 2.33. The van der Waals surface area contributed by atoms with Gasteiger partial charge in [-0.15, -0.1) is 0 Å². The summed E-state index contributed by atoms with van der Waals surface area (Å²) in [5.41, 5.74) is 3.22. The van der Waals surface area contributed by atoms with E-state index in [9.17, 15) is 5.11 Å². The third-order valence-electron chi connectivity index (χ3n) is 3.65. The Balaban J connectivity index is 0.000000561. The number of aliphatic hydroxyl groups excluding tert-OH is 1. The van der Waals surface area contributed by atoms with E-state index in [2.05, 4.69) is 39.6 Å². The van der Waals surface area contributed by atoms with Gasteiger partial charge in [0, 0.05) is 23.8 Å². The Kier molecular flexibility index (Phi) is 8.86. The zero-order chi connectivity index (χ0) is 16.7. The predicted molar refractivity (Wildman–Crippen MR) is 100 cm³/mol. The van der Waals surface area contributed by atoms with Gasteiger partial charge >= 0.3 is 0 Å². The molecule has 1 aliphatic rings. The first-order chi connectivity index (χ1) is 10.7. The van der Waals surface area contributed by atoms with Gasteiger partial charge in [-0.1, -0.05) is 23.2 Å². The molecule has 1 saturated heterocycles. The van der Waals surface area contributed by atoms with Gasteiger partial charge in [-0.05, 0) is 31.7 Å². The number of aromatic nitrogens is 3. The van der Waals surface area contributed by atoms with Crippen LogP contribution < -0.4 is 0 Å². The zero-order valence-corrected chi connectivity index (χ0v) is 16.4. The summed E-state index contributed by atoms with van der Waals surface area (Å²) < 4.78 is 4.15. The molecule has 0 saturated carbocycles. The summed E-state index contributed by atoms with van der Waals surface area (Å²) in [6.45, 7) is 4.20. The highest BCUT2D eigenvalue weighted by Crippen LogP contribution is 2.41. The normalized spacial score (nSPS) is 21.0. The number of hydrogen-bond acceptors (Lipinski definition) is 5. The topological polar surface area (TPSA) is 74.4 Å². The van der Waals surface area contributed by atoms with Crippen LogP contribution >= 0.6 is 28.2 Å². The summed E-state index contributed by atoms with van der Waals surface area (Å²) in [5, 5.41) is 9.33. The Bertz CT molecular complexity index is 581. The van der Waals surface area contributed by atoms with E-state index in [1.807, 2.05) is 24.4 Å². The fourth-order valence-corrected chi connectivity index (χ4v) is 3.57. The molecule has 5 unspecified atom stereocenters. The van der Waals surface area contributed by atoms with Gasteiger partial charge in [0.25, 0.3) is 0 Å². The van der Waals surface area contributed by atoms with Crippen LogP contribution in [0.25, 0.3) is 11.0 Å². The van der Waals surface area contributed by atoms with E-state index in [4.69, 9.17) is 4.89 Å². The zero-order valence-electron chi connectivity index (χ0n) is 12.9. The lowest BCUT2D eigenvalue weighted by Gasteiger charge is -2.23. The van der Waals surface area contributed by atoms with E-state index in [0.29, 0.717) is 6.04 Å². The Morgan fingerprint density at radius 1 is 1.27 bits per heavy atom. The summed E-state index contributed by atoms with van der Waals surface area (Å²) in [4.78, 5) is 15.4. The van der Waals surface area contributed by atoms with Crippen molar-refractivity contribution in [3.8, 4) is 0 Å². The molecular weight excluding hydrogens is 337 g/mol. The molecule has 0 radical (unpaired) electrons. The maximum atomic E-state index is 9.33. The average molecular weight is 362 g/mol. The van der Waals surface area contributed by atoms with E-state index >= 15 is 0 Å². The molecule has 3 heterocycles. The molecule has 2 N–H and O–H groups in total. The van der Waals surface area contributed by atoms with Gasteiger partial charge in [-0.25, -0.2) is 9.97 Å². The lowest BCUT2D eigenvalue weighted by molar-refractivity contribution is 0.207. The van der Waals surface area contributed by atoms with Gasteiger partial charge in [-0.2, -0.15) is 0 Å². The van der Waals surface area contributed by atoms with Crippen LogP contribution in [0.1, 0.15) is 38.3 Å². The molecule has 1 fully saturated rings. The molecule has 9 heteroatoms. The van der Waals surface area contributed by atoms with Crippen molar-refractivity contribution < 1.29 is 10.00 Å². The number of hydrogen-bond donors (Lipinski definition) is 2. The van der Waals surface area contributed by atoms with E-state index in [-0.39, 0.29) is 12.6 Å². The third-order valence-corrected chi connectivity index (χ3v) is 4.86. The van der Waals surface area contributed by atoms with Crippen molar-refractivity contribution in [1.29, 1.82) is 0 Å². The van der Waals surface area contributed by atoms with Crippen molar-refractivity contribution in [2.45, 2.75) is 38.8 Å². The Morgan fingerprint density at radius 3 is 2.55 bits per heavy atom. The second kappa shape index (κ2) is 9.82. The predicted octanol–water partition coefficient (Wildman–Crippen LogP) is 2.15. The molecule has 22 heavy (non-hydrogen) atoms. The van der Waals surface area contributed by atoms with Crippen LogP contribution in [0.15, 0.2) is 18.7 Å². The minimum absolute atomic E-state index is 0.203. The quantitative estimate of drug-likeness (QED) is 0.801. The lowest BCUT2D eigenvalue weighted by atomic mass is 10.1. The summed E-state index contributed by atoms with van der Waals surface area (Å²) >= 11 is 0. The smallest absolute Gasteiger partial charge is 0.116 e. The highest BCUT2D eigenvalue weighted by molar-refractivity contribution is 7.15. The summed E-state index contributed by atoms with van der Waals surface area (Å²) in [6.07, 6.45) is 7.56. The van der Waals surface area contributed by atoms with Crippen molar-refractivity contribution >= 4 is 39.3 Å². The van der Waals surface area contributed by atoms with Gasteiger partial charge in [-0.3, -0.25) is 4.67 Å². The second-order valence-electron chi connectivity index (χ2n) is 4.63. The monoisotopic (exact) mass is 362 g/mol. The van der Waals surface area contributed by atoms with Crippen LogP contribution in [0.2, 0.25) is 0 Å². The van der Waals surface area contributed by atoms with Gasteiger partial charge < -0.3 is 14.3 Å². The lowest BCUT2D eigenvalue weighted by Crippen LogP contribution is -2.25. The molecule has 6 nitrogen and oxygen atoms in total. The fraction of sp³-hybridized carbons (Fsp3) is 0.538. The molecule has 3 rings (SSSR count). The van der Waals surface area contributed by atoms with Crippen LogP contribution in [0.5, 0.6) is 0 Å².